The monoisotopic (exact) mass is 1870 g/mol. The van der Waals surface area contributed by atoms with Crippen molar-refractivity contribution in [2.45, 2.75) is 38.5 Å². The van der Waals surface area contributed by atoms with E-state index in [0.29, 0.717) is 0 Å². The van der Waals surface area contributed by atoms with Crippen LogP contribution in [0.4, 0.5) is 51.2 Å². The standard InChI is InChI=1S/C45H32N2O.C45H32N2S.C42H26N2S2/c2*1-45(2)37-21-13-12-20-35(37)41-38(45)25-23-33-34-24-27-40-42(44(34)48-43(33)41)36-28-32(22-26-39(36)47(40)31-18-10-5-11-19-31)46(29-14-6-3-7-15-29)30-16-8-4-9-17-30;1-4-12-27(13-5-1)43(28-14-6-2-7-15-28)30-20-23-35-34(26-30)39-36(44(35)29-16-8-3-9-17-29)24-21-31-32-22-25-38-40(42(32)46-41(31)39)33-18-10-11-19-37(33)45-38/h2*3-28H,1-2H3;1-26H. The van der Waals surface area contributed by atoms with E-state index in [0.717, 1.165) is 101 Å². The van der Waals surface area contributed by atoms with E-state index in [9.17, 15) is 0 Å². The van der Waals surface area contributed by atoms with Gasteiger partial charge in [-0.15, -0.1) is 34.0 Å². The highest BCUT2D eigenvalue weighted by Crippen LogP contribution is 2.59. The molecule has 21 aromatic carbocycles. The molecular formula is C132H90N6OS3. The Kier molecular flexibility index (Phi) is 19.2. The fourth-order valence-corrected chi connectivity index (χ4v) is 27.5. The fraction of sp³-hybridized carbons (Fsp3) is 0.0455. The number of nitrogens with zero attached hydrogens (tertiary/aromatic N) is 6. The first-order valence-electron chi connectivity index (χ1n) is 48.8. The topological polar surface area (TPSA) is 37.7 Å². The van der Waals surface area contributed by atoms with E-state index in [-0.39, 0.29) is 10.8 Å². The summed E-state index contributed by atoms with van der Waals surface area (Å²) in [6, 6.07) is 172. The summed E-state index contributed by atoms with van der Waals surface area (Å²) in [6.45, 7) is 9.39. The van der Waals surface area contributed by atoms with Crippen LogP contribution in [0.2, 0.25) is 0 Å². The average Bonchev–Trinajstić information content (AvgIpc) is 1.55. The maximum Gasteiger partial charge on any atom is 0.145 e. The van der Waals surface area contributed by atoms with Crippen molar-refractivity contribution in [1.82, 2.24) is 13.7 Å². The van der Waals surface area contributed by atoms with Crippen LogP contribution in [0.15, 0.2) is 478 Å². The molecule has 0 radical (unpaired) electrons. The molecule has 10 heteroatoms. The lowest BCUT2D eigenvalue weighted by molar-refractivity contribution is 0.654. The van der Waals surface area contributed by atoms with E-state index in [1.165, 1.54) is 160 Å². The summed E-state index contributed by atoms with van der Waals surface area (Å²) in [5.74, 6) is 0. The van der Waals surface area contributed by atoms with Crippen molar-refractivity contribution < 1.29 is 4.42 Å². The maximum absolute atomic E-state index is 7.16. The third kappa shape index (κ3) is 12.9. The quantitative estimate of drug-likeness (QED) is 0.122. The average molecular weight is 1870 g/mol. The zero-order valence-corrected chi connectivity index (χ0v) is 80.8. The van der Waals surface area contributed by atoms with Crippen LogP contribution in [0.3, 0.4) is 0 Å². The summed E-state index contributed by atoms with van der Waals surface area (Å²) in [5.41, 5.74) is 33.4. The van der Waals surface area contributed by atoms with Gasteiger partial charge in [-0.05, 0) is 234 Å². The number of rotatable bonds is 12. The number of hydrogen-bond donors (Lipinski definition) is 0. The Morgan fingerprint density at radius 3 is 0.930 bits per heavy atom. The molecular weight excluding hydrogens is 1780 g/mol. The molecule has 0 bridgehead atoms. The number of anilines is 9. The van der Waals surface area contributed by atoms with Crippen LogP contribution in [-0.4, -0.2) is 13.7 Å². The molecule has 7 aromatic heterocycles. The van der Waals surface area contributed by atoms with Gasteiger partial charge in [0.1, 0.15) is 11.2 Å². The molecule has 0 aliphatic heterocycles. The molecule has 0 N–H and O–H groups in total. The second-order valence-electron chi connectivity index (χ2n) is 38.4. The SMILES string of the molecule is CC1(C)c2ccccc2-c2c1ccc1c2oc2c1ccc1c2c2cc(N(c3ccccc3)c3ccccc3)ccc2n1-c1ccccc1.CC1(C)c2ccccc2-c2c1ccc1c2sc2c1ccc1c2c2cc(N(c3ccccc3)c3ccccc3)ccc2n1-c1ccccc1.c1ccc(N(c2ccccc2)c2ccc3c(c2)c2c4sc5c(ccc6sc7ccccc7c65)c4ccc2n3-c2ccccc2)cc1. The zero-order valence-electron chi connectivity index (χ0n) is 78.3. The van der Waals surface area contributed by atoms with Gasteiger partial charge in [0, 0.05) is 188 Å². The van der Waals surface area contributed by atoms with Gasteiger partial charge in [0.15, 0.2) is 0 Å². The van der Waals surface area contributed by atoms with Gasteiger partial charge in [0.25, 0.3) is 0 Å². The van der Waals surface area contributed by atoms with Crippen molar-refractivity contribution in [3.8, 4) is 39.3 Å². The van der Waals surface area contributed by atoms with E-state index >= 15 is 0 Å². The lowest BCUT2D eigenvalue weighted by Crippen LogP contribution is -2.14. The Hall–Kier alpha value is -17.1. The summed E-state index contributed by atoms with van der Waals surface area (Å²) < 4.78 is 22.6. The van der Waals surface area contributed by atoms with Crippen LogP contribution >= 0.6 is 34.0 Å². The van der Waals surface area contributed by atoms with Crippen LogP contribution in [0.5, 0.6) is 0 Å². The Morgan fingerprint density at radius 1 is 0.197 bits per heavy atom. The summed E-state index contributed by atoms with van der Waals surface area (Å²) in [5, 5.41) is 17.8. The molecule has 7 nitrogen and oxygen atoms in total. The highest BCUT2D eigenvalue weighted by molar-refractivity contribution is 7.30. The van der Waals surface area contributed by atoms with Gasteiger partial charge in [-0.1, -0.05) is 301 Å². The van der Waals surface area contributed by atoms with Gasteiger partial charge in [-0.2, -0.15) is 0 Å². The predicted molar refractivity (Wildman–Crippen MR) is 607 cm³/mol. The second-order valence-corrected chi connectivity index (χ2v) is 41.6. The molecule has 30 rings (SSSR count). The minimum atomic E-state index is -0.0923. The fourth-order valence-electron chi connectivity index (χ4n) is 23.5. The smallest absolute Gasteiger partial charge is 0.145 e. The molecule has 0 amide bonds. The van der Waals surface area contributed by atoms with Crippen LogP contribution in [0.1, 0.15) is 49.9 Å². The van der Waals surface area contributed by atoms with E-state index in [2.05, 4.69) is 529 Å². The molecule has 28 aromatic rings. The van der Waals surface area contributed by atoms with Gasteiger partial charge in [-0.3, -0.25) is 0 Å². The van der Waals surface area contributed by atoms with Crippen molar-refractivity contribution in [2.24, 2.45) is 0 Å². The number of hydrogen-bond acceptors (Lipinski definition) is 7. The zero-order chi connectivity index (χ0) is 94.2. The summed E-state index contributed by atoms with van der Waals surface area (Å²) >= 11 is 5.81. The highest BCUT2D eigenvalue weighted by Gasteiger charge is 2.40. The molecule has 2 aliphatic carbocycles. The summed E-state index contributed by atoms with van der Waals surface area (Å²) in [6.07, 6.45) is 0. The highest BCUT2D eigenvalue weighted by atomic mass is 32.1. The third-order valence-electron chi connectivity index (χ3n) is 29.9. The summed E-state index contributed by atoms with van der Waals surface area (Å²) in [7, 11) is 0. The maximum atomic E-state index is 7.16. The van der Waals surface area contributed by atoms with E-state index < -0.39 is 0 Å². The Bertz CT molecular complexity index is 9420. The largest absolute Gasteiger partial charge is 0.455 e. The molecule has 0 unspecified atom stereocenters. The van der Waals surface area contributed by atoms with Crippen molar-refractivity contribution in [3.63, 3.8) is 0 Å². The minimum Gasteiger partial charge on any atom is -0.455 e. The molecule has 672 valence electrons. The number of fused-ring (bicyclic) bond motifs is 33. The summed E-state index contributed by atoms with van der Waals surface area (Å²) in [4.78, 5) is 7.05. The first kappa shape index (κ1) is 83.1. The first-order chi connectivity index (χ1) is 70.0. The van der Waals surface area contributed by atoms with Gasteiger partial charge in [0.05, 0.1) is 38.5 Å². The second kappa shape index (κ2) is 32.8. The van der Waals surface area contributed by atoms with Crippen LogP contribution in [0, 0.1) is 0 Å². The van der Waals surface area contributed by atoms with Crippen molar-refractivity contribution in [3.05, 3.63) is 495 Å². The third-order valence-corrected chi connectivity index (χ3v) is 33.5. The lowest BCUT2D eigenvalue weighted by atomic mass is 9.82. The van der Waals surface area contributed by atoms with E-state index in [1.54, 1.807) is 0 Å². The predicted octanol–water partition coefficient (Wildman–Crippen LogP) is 38.4. The number of benzene rings is 21. The molecule has 0 spiro atoms. The van der Waals surface area contributed by atoms with Gasteiger partial charge in [-0.25, -0.2) is 0 Å². The Labute approximate surface area is 832 Å². The van der Waals surface area contributed by atoms with E-state index in [1.807, 2.05) is 34.0 Å². The van der Waals surface area contributed by atoms with Crippen molar-refractivity contribution >= 4 is 233 Å². The molecule has 142 heavy (non-hydrogen) atoms. The number of thiophene rings is 3. The van der Waals surface area contributed by atoms with Crippen LogP contribution in [-0.2, 0) is 10.8 Å². The van der Waals surface area contributed by atoms with Crippen LogP contribution < -0.4 is 14.7 Å². The molecule has 0 atom stereocenters. The molecule has 2 aliphatic rings. The van der Waals surface area contributed by atoms with Gasteiger partial charge >= 0.3 is 0 Å². The van der Waals surface area contributed by atoms with Gasteiger partial charge in [0.2, 0.25) is 0 Å². The normalized spacial score (nSPS) is 12.9. The van der Waals surface area contributed by atoms with Gasteiger partial charge < -0.3 is 32.8 Å². The Balaban J connectivity index is 0.000000104. The Morgan fingerprint density at radius 2 is 0.500 bits per heavy atom. The number of furan rings is 1. The van der Waals surface area contributed by atoms with E-state index in [4.69, 9.17) is 4.42 Å². The van der Waals surface area contributed by atoms with Crippen molar-refractivity contribution in [1.29, 1.82) is 0 Å². The molecule has 0 saturated heterocycles. The first-order valence-corrected chi connectivity index (χ1v) is 51.2. The number of aromatic nitrogens is 3. The molecule has 0 fully saturated rings. The molecule has 0 saturated carbocycles. The number of para-hydroxylation sites is 9. The minimum absolute atomic E-state index is 0.0256. The van der Waals surface area contributed by atoms with Crippen LogP contribution in [0.25, 0.3) is 187 Å². The van der Waals surface area contributed by atoms with Crippen molar-refractivity contribution in [2.75, 3.05) is 14.7 Å². The molecule has 7 heterocycles. The lowest BCUT2D eigenvalue weighted by Gasteiger charge is -2.25.